The fraction of sp³-hybridized carbons (Fsp3) is 0.417. The van der Waals surface area contributed by atoms with Crippen LogP contribution in [0.3, 0.4) is 0 Å². The predicted octanol–water partition coefficient (Wildman–Crippen LogP) is 1.87. The standard InChI is InChI=1S/C12H15N3O/c1-2-3-4-6-15-12(16)11-8-10(9-13)5-7-14-11/h5,7-8H,2-4,6H2,1H3,(H,15,16). The molecule has 0 saturated heterocycles. The van der Waals surface area contributed by atoms with Crippen molar-refractivity contribution in [1.82, 2.24) is 10.3 Å². The Kier molecular flexibility index (Phi) is 5.00. The van der Waals surface area contributed by atoms with Crippen LogP contribution in [0, 0.1) is 11.3 Å². The predicted molar refractivity (Wildman–Crippen MR) is 60.8 cm³/mol. The minimum atomic E-state index is -0.215. The summed E-state index contributed by atoms with van der Waals surface area (Å²) >= 11 is 0. The van der Waals surface area contributed by atoms with Gasteiger partial charge in [-0.1, -0.05) is 19.8 Å². The molecule has 1 amide bonds. The molecule has 1 heterocycles. The summed E-state index contributed by atoms with van der Waals surface area (Å²) in [6, 6.07) is 5.05. The molecule has 16 heavy (non-hydrogen) atoms. The third-order valence-corrected chi connectivity index (χ3v) is 2.19. The normalized spacial score (nSPS) is 9.50. The lowest BCUT2D eigenvalue weighted by Crippen LogP contribution is -2.25. The summed E-state index contributed by atoms with van der Waals surface area (Å²) in [5.74, 6) is -0.215. The first-order valence-corrected chi connectivity index (χ1v) is 5.42. The second-order valence-electron chi connectivity index (χ2n) is 3.50. The fourth-order valence-corrected chi connectivity index (χ4v) is 1.29. The quantitative estimate of drug-likeness (QED) is 0.766. The van der Waals surface area contributed by atoms with Crippen molar-refractivity contribution in [2.24, 2.45) is 0 Å². The first-order valence-electron chi connectivity index (χ1n) is 5.42. The smallest absolute Gasteiger partial charge is 0.269 e. The zero-order chi connectivity index (χ0) is 11.8. The van der Waals surface area contributed by atoms with E-state index in [2.05, 4.69) is 17.2 Å². The van der Waals surface area contributed by atoms with Gasteiger partial charge in [0.1, 0.15) is 5.69 Å². The van der Waals surface area contributed by atoms with E-state index in [4.69, 9.17) is 5.26 Å². The third kappa shape index (κ3) is 3.70. The summed E-state index contributed by atoms with van der Waals surface area (Å²) < 4.78 is 0. The SMILES string of the molecule is CCCCCNC(=O)c1cc(C#N)ccn1. The number of hydrogen-bond donors (Lipinski definition) is 1. The van der Waals surface area contributed by atoms with Crippen LogP contribution in [-0.2, 0) is 0 Å². The number of nitrogens with one attached hydrogen (secondary N) is 1. The summed E-state index contributed by atoms with van der Waals surface area (Å²) in [6.45, 7) is 2.77. The van der Waals surface area contributed by atoms with E-state index < -0.39 is 0 Å². The molecule has 0 radical (unpaired) electrons. The van der Waals surface area contributed by atoms with E-state index >= 15 is 0 Å². The van der Waals surface area contributed by atoms with Crippen LogP contribution in [0.25, 0.3) is 0 Å². The number of carbonyl (C=O) groups excluding carboxylic acids is 1. The summed E-state index contributed by atoms with van der Waals surface area (Å²) in [7, 11) is 0. The van der Waals surface area contributed by atoms with Gasteiger partial charge in [0.25, 0.3) is 5.91 Å². The Bertz CT molecular complexity index is 395. The molecule has 1 aromatic heterocycles. The van der Waals surface area contributed by atoms with Gasteiger partial charge in [0, 0.05) is 12.7 Å². The molecule has 1 rings (SSSR count). The maximum atomic E-state index is 11.6. The van der Waals surface area contributed by atoms with Gasteiger partial charge in [-0.15, -0.1) is 0 Å². The summed E-state index contributed by atoms with van der Waals surface area (Å²) in [5.41, 5.74) is 0.754. The number of nitrogens with zero attached hydrogens (tertiary/aromatic N) is 2. The van der Waals surface area contributed by atoms with E-state index in [0.717, 1.165) is 19.3 Å². The highest BCUT2D eigenvalue weighted by molar-refractivity contribution is 5.92. The van der Waals surface area contributed by atoms with Crippen LogP contribution in [0.4, 0.5) is 0 Å². The van der Waals surface area contributed by atoms with E-state index in [9.17, 15) is 4.79 Å². The van der Waals surface area contributed by atoms with Crippen LogP contribution in [0.5, 0.6) is 0 Å². The lowest BCUT2D eigenvalue weighted by molar-refractivity contribution is 0.0948. The number of hydrogen-bond acceptors (Lipinski definition) is 3. The zero-order valence-corrected chi connectivity index (χ0v) is 9.36. The van der Waals surface area contributed by atoms with Crippen LogP contribution < -0.4 is 5.32 Å². The van der Waals surface area contributed by atoms with Crippen molar-refractivity contribution >= 4 is 5.91 Å². The molecule has 0 unspecified atom stereocenters. The molecule has 4 nitrogen and oxygen atoms in total. The number of nitriles is 1. The number of aromatic nitrogens is 1. The van der Waals surface area contributed by atoms with Crippen molar-refractivity contribution in [3.05, 3.63) is 29.6 Å². The largest absolute Gasteiger partial charge is 0.351 e. The van der Waals surface area contributed by atoms with Crippen molar-refractivity contribution in [3.8, 4) is 6.07 Å². The van der Waals surface area contributed by atoms with Crippen molar-refractivity contribution in [1.29, 1.82) is 5.26 Å². The van der Waals surface area contributed by atoms with E-state index in [-0.39, 0.29) is 5.91 Å². The Hall–Kier alpha value is -1.89. The Labute approximate surface area is 95.3 Å². The molecule has 0 aliphatic rings. The van der Waals surface area contributed by atoms with Gasteiger partial charge in [0.2, 0.25) is 0 Å². The molecular weight excluding hydrogens is 202 g/mol. The molecule has 0 fully saturated rings. The molecule has 0 atom stereocenters. The van der Waals surface area contributed by atoms with Crippen molar-refractivity contribution < 1.29 is 4.79 Å². The van der Waals surface area contributed by atoms with Crippen molar-refractivity contribution in [2.75, 3.05) is 6.54 Å². The summed E-state index contributed by atoms with van der Waals surface area (Å²) in [4.78, 5) is 15.5. The second-order valence-corrected chi connectivity index (χ2v) is 3.50. The lowest BCUT2D eigenvalue weighted by Gasteiger charge is -2.03. The van der Waals surface area contributed by atoms with E-state index in [1.54, 1.807) is 6.07 Å². The molecule has 1 N–H and O–H groups in total. The van der Waals surface area contributed by atoms with Gasteiger partial charge in [0.15, 0.2) is 0 Å². The van der Waals surface area contributed by atoms with Gasteiger partial charge in [-0.25, -0.2) is 0 Å². The monoisotopic (exact) mass is 217 g/mol. The fourth-order valence-electron chi connectivity index (χ4n) is 1.29. The first-order chi connectivity index (χ1) is 7.77. The van der Waals surface area contributed by atoms with E-state index in [1.165, 1.54) is 12.3 Å². The van der Waals surface area contributed by atoms with Crippen molar-refractivity contribution in [2.45, 2.75) is 26.2 Å². The molecule has 4 heteroatoms. The summed E-state index contributed by atoms with van der Waals surface area (Å²) in [5, 5.41) is 11.5. The van der Waals surface area contributed by atoms with Gasteiger partial charge in [-0.05, 0) is 18.6 Å². The molecule has 84 valence electrons. The molecular formula is C12H15N3O. The van der Waals surface area contributed by atoms with Crippen molar-refractivity contribution in [3.63, 3.8) is 0 Å². The summed E-state index contributed by atoms with van der Waals surface area (Å²) in [6.07, 6.45) is 4.67. The topological polar surface area (TPSA) is 65.8 Å². The Morgan fingerprint density at radius 1 is 1.56 bits per heavy atom. The van der Waals surface area contributed by atoms with E-state index in [1.807, 2.05) is 6.07 Å². The van der Waals surface area contributed by atoms with Gasteiger partial charge in [0.05, 0.1) is 11.6 Å². The molecule has 0 saturated carbocycles. The number of carbonyl (C=O) groups is 1. The highest BCUT2D eigenvalue weighted by Gasteiger charge is 2.06. The minimum Gasteiger partial charge on any atom is -0.351 e. The molecule has 1 aromatic rings. The third-order valence-electron chi connectivity index (χ3n) is 2.19. The molecule has 0 spiro atoms. The van der Waals surface area contributed by atoms with Crippen LogP contribution in [0.2, 0.25) is 0 Å². The van der Waals surface area contributed by atoms with Crippen LogP contribution in [0.1, 0.15) is 42.2 Å². The second kappa shape index (κ2) is 6.57. The number of pyridine rings is 1. The average Bonchev–Trinajstić information content (AvgIpc) is 2.34. The Morgan fingerprint density at radius 3 is 3.06 bits per heavy atom. The maximum Gasteiger partial charge on any atom is 0.269 e. The molecule has 0 aromatic carbocycles. The van der Waals surface area contributed by atoms with Crippen LogP contribution in [-0.4, -0.2) is 17.4 Å². The zero-order valence-electron chi connectivity index (χ0n) is 9.36. The lowest BCUT2D eigenvalue weighted by atomic mass is 10.2. The molecule has 0 bridgehead atoms. The van der Waals surface area contributed by atoms with E-state index in [0.29, 0.717) is 17.8 Å². The Balaban J connectivity index is 2.50. The van der Waals surface area contributed by atoms with Crippen LogP contribution in [0.15, 0.2) is 18.3 Å². The number of amides is 1. The highest BCUT2D eigenvalue weighted by Crippen LogP contribution is 2.00. The average molecular weight is 217 g/mol. The van der Waals surface area contributed by atoms with Crippen LogP contribution >= 0.6 is 0 Å². The van der Waals surface area contributed by atoms with Gasteiger partial charge in [-0.3, -0.25) is 9.78 Å². The number of unbranched alkanes of at least 4 members (excludes halogenated alkanes) is 2. The van der Waals surface area contributed by atoms with Gasteiger partial charge >= 0.3 is 0 Å². The molecule has 0 aliphatic heterocycles. The number of rotatable bonds is 5. The molecule has 0 aliphatic carbocycles. The highest BCUT2D eigenvalue weighted by atomic mass is 16.1. The maximum absolute atomic E-state index is 11.6. The first kappa shape index (κ1) is 12.2. The Morgan fingerprint density at radius 2 is 2.38 bits per heavy atom. The minimum absolute atomic E-state index is 0.215. The van der Waals surface area contributed by atoms with Gasteiger partial charge in [-0.2, -0.15) is 5.26 Å². The van der Waals surface area contributed by atoms with Gasteiger partial charge < -0.3 is 5.32 Å².